The van der Waals surface area contributed by atoms with Crippen LogP contribution in [0.3, 0.4) is 0 Å². The first-order valence-corrected chi connectivity index (χ1v) is 14.7. The summed E-state index contributed by atoms with van der Waals surface area (Å²) in [6.45, 7) is 3.59. The second-order valence-corrected chi connectivity index (χ2v) is 12.6. The Labute approximate surface area is 223 Å². The van der Waals surface area contributed by atoms with Gasteiger partial charge in [-0.3, -0.25) is 14.4 Å². The number of ether oxygens (including phenoxy) is 1. The van der Waals surface area contributed by atoms with Gasteiger partial charge in [-0.15, -0.1) is 10.2 Å². The number of nitrogens with zero attached hydrogens (tertiary/aromatic N) is 3. The molecule has 4 aromatic rings. The van der Waals surface area contributed by atoms with Crippen LogP contribution in [0.1, 0.15) is 16.7 Å². The molecule has 1 aromatic heterocycles. The number of carbonyl (C=O) groups is 1. The van der Waals surface area contributed by atoms with Crippen LogP contribution in [0, 0.1) is 13.8 Å². The predicted molar refractivity (Wildman–Crippen MR) is 146 cm³/mol. The molecule has 0 spiro atoms. The van der Waals surface area contributed by atoms with Gasteiger partial charge in [0.1, 0.15) is 5.75 Å². The molecular weight excluding hydrogens is 529 g/mol. The van der Waals surface area contributed by atoms with Crippen molar-refractivity contribution >= 4 is 49.8 Å². The number of fused-ring (bicyclic) bond motifs is 1. The zero-order chi connectivity index (χ0) is 26.0. The van der Waals surface area contributed by atoms with Gasteiger partial charge in [-0.25, -0.2) is 8.42 Å². The molecule has 0 aliphatic carbocycles. The van der Waals surface area contributed by atoms with Gasteiger partial charge in [-0.05, 0) is 49.2 Å². The van der Waals surface area contributed by atoms with E-state index in [4.69, 9.17) is 4.74 Å². The normalized spacial score (nSPS) is 15.1. The van der Waals surface area contributed by atoms with E-state index in [2.05, 4.69) is 15.5 Å². The Balaban J connectivity index is 1.34. The van der Waals surface area contributed by atoms with E-state index in [1.807, 2.05) is 50.2 Å². The quantitative estimate of drug-likeness (QED) is 0.253. The lowest BCUT2D eigenvalue weighted by Crippen LogP contribution is -2.48. The zero-order valence-electron chi connectivity index (χ0n) is 20.1. The molecule has 1 aliphatic rings. The smallest absolute Gasteiger partial charge is 0.269 e. The van der Waals surface area contributed by atoms with E-state index in [9.17, 15) is 13.2 Å². The average Bonchev–Trinajstić information content (AvgIpc) is 3.34. The lowest BCUT2D eigenvalue weighted by Gasteiger charge is -2.34. The number of hydrogen-bond acceptors (Lipinski definition) is 8. The van der Waals surface area contributed by atoms with Gasteiger partial charge in [0.25, 0.3) is 15.9 Å². The summed E-state index contributed by atoms with van der Waals surface area (Å²) in [6, 6.07) is 21.9. The third-order valence-corrected chi connectivity index (χ3v) is 9.56. The molecule has 0 bridgehead atoms. The Morgan fingerprint density at radius 1 is 1.05 bits per heavy atom. The predicted octanol–water partition coefficient (Wildman–Crippen LogP) is 5.04. The van der Waals surface area contributed by atoms with Crippen molar-refractivity contribution in [1.29, 1.82) is 0 Å². The fourth-order valence-electron chi connectivity index (χ4n) is 3.79. The highest BCUT2D eigenvalue weighted by Crippen LogP contribution is 2.38. The topological polar surface area (TPSA) is 101 Å². The molecule has 1 atom stereocenters. The highest BCUT2D eigenvalue weighted by molar-refractivity contribution is 8.00. The maximum absolute atomic E-state index is 13.6. The first-order valence-electron chi connectivity index (χ1n) is 11.5. The molecule has 0 saturated carbocycles. The van der Waals surface area contributed by atoms with Crippen molar-refractivity contribution in [2.45, 2.75) is 34.9 Å². The van der Waals surface area contributed by atoms with E-state index in [0.717, 1.165) is 22.4 Å². The standard InChI is InChI=1S/C26H24N4O4S3/c1-17-8-11-20(12-9-17)37(32,33)30-15-23(34-22-13-10-18(2)14-21(22)30)24(31)27-25-28-29-26(36-25)35-16-19-6-4-3-5-7-19/h3-14,23H,15-16H2,1-2H3,(H,27,28,31)/t23-/m0/s1. The van der Waals surface area contributed by atoms with Gasteiger partial charge in [0.2, 0.25) is 5.13 Å². The summed E-state index contributed by atoms with van der Waals surface area (Å²) in [5.74, 6) is 0.562. The second-order valence-electron chi connectivity index (χ2n) is 8.56. The number of nitrogens with one attached hydrogen (secondary N) is 1. The van der Waals surface area contributed by atoms with Gasteiger partial charge in [0.15, 0.2) is 10.4 Å². The summed E-state index contributed by atoms with van der Waals surface area (Å²) in [5.41, 5.74) is 3.39. The summed E-state index contributed by atoms with van der Waals surface area (Å²) in [4.78, 5) is 13.3. The minimum Gasteiger partial charge on any atom is -0.476 e. The van der Waals surface area contributed by atoms with Crippen molar-refractivity contribution in [1.82, 2.24) is 10.2 Å². The first-order chi connectivity index (χ1) is 17.8. The van der Waals surface area contributed by atoms with Crippen LogP contribution in [0.15, 0.2) is 82.0 Å². The summed E-state index contributed by atoms with van der Waals surface area (Å²) < 4.78 is 35.1. The summed E-state index contributed by atoms with van der Waals surface area (Å²) >= 11 is 2.78. The number of thioether (sulfide) groups is 1. The van der Waals surface area contributed by atoms with Crippen LogP contribution in [0.25, 0.3) is 0 Å². The van der Waals surface area contributed by atoms with Crippen LogP contribution in [-0.2, 0) is 20.6 Å². The minimum absolute atomic E-state index is 0.149. The van der Waals surface area contributed by atoms with Crippen molar-refractivity contribution in [2.75, 3.05) is 16.2 Å². The number of carbonyl (C=O) groups excluding carboxylic acids is 1. The second kappa shape index (κ2) is 10.5. The molecule has 8 nitrogen and oxygen atoms in total. The monoisotopic (exact) mass is 552 g/mol. The van der Waals surface area contributed by atoms with Crippen molar-refractivity contribution in [3.63, 3.8) is 0 Å². The Morgan fingerprint density at radius 2 is 1.78 bits per heavy atom. The number of amides is 1. The first kappa shape index (κ1) is 25.2. The Kier molecular flexibility index (Phi) is 7.18. The van der Waals surface area contributed by atoms with Gasteiger partial charge < -0.3 is 4.74 Å². The molecule has 0 unspecified atom stereocenters. The molecule has 1 amide bonds. The van der Waals surface area contributed by atoms with Crippen LogP contribution in [-0.4, -0.2) is 37.2 Å². The molecule has 0 fully saturated rings. The van der Waals surface area contributed by atoms with Gasteiger partial charge in [-0.2, -0.15) is 0 Å². The highest BCUT2D eigenvalue weighted by atomic mass is 32.2. The number of aryl methyl sites for hydroxylation is 2. The van der Waals surface area contributed by atoms with Gasteiger partial charge in [0.05, 0.1) is 17.1 Å². The van der Waals surface area contributed by atoms with Crippen molar-refractivity contribution < 1.29 is 17.9 Å². The number of benzene rings is 3. The largest absolute Gasteiger partial charge is 0.476 e. The summed E-state index contributed by atoms with van der Waals surface area (Å²) in [5, 5.41) is 11.3. The molecular formula is C26H24N4O4S3. The van der Waals surface area contributed by atoms with Gasteiger partial charge >= 0.3 is 0 Å². The van der Waals surface area contributed by atoms with E-state index in [1.165, 1.54) is 27.4 Å². The maximum Gasteiger partial charge on any atom is 0.269 e. The Hall–Kier alpha value is -3.41. The van der Waals surface area contributed by atoms with Crippen LogP contribution in [0.2, 0.25) is 0 Å². The molecule has 5 rings (SSSR count). The SMILES string of the molecule is Cc1ccc(S(=O)(=O)N2C[C@@H](C(=O)Nc3nnc(SCc4ccccc4)s3)Oc3ccc(C)cc32)cc1. The molecule has 190 valence electrons. The molecule has 1 N–H and O–H groups in total. The molecule has 3 aromatic carbocycles. The third-order valence-electron chi connectivity index (χ3n) is 5.73. The molecule has 2 heterocycles. The van der Waals surface area contributed by atoms with Crippen LogP contribution >= 0.6 is 23.1 Å². The summed E-state index contributed by atoms with van der Waals surface area (Å²) in [6.07, 6.45) is -1.07. The fraction of sp³-hybridized carbons (Fsp3) is 0.192. The van der Waals surface area contributed by atoms with E-state index in [0.29, 0.717) is 20.9 Å². The van der Waals surface area contributed by atoms with Gasteiger partial charge in [-0.1, -0.05) is 77.2 Å². The van der Waals surface area contributed by atoms with E-state index >= 15 is 0 Å². The number of hydrogen-bond donors (Lipinski definition) is 1. The number of anilines is 2. The van der Waals surface area contributed by atoms with E-state index in [1.54, 1.807) is 36.4 Å². The zero-order valence-corrected chi connectivity index (χ0v) is 22.6. The van der Waals surface area contributed by atoms with E-state index in [-0.39, 0.29) is 11.4 Å². The van der Waals surface area contributed by atoms with Crippen LogP contribution < -0.4 is 14.4 Å². The third kappa shape index (κ3) is 5.63. The molecule has 0 radical (unpaired) electrons. The van der Waals surface area contributed by atoms with Crippen LogP contribution in [0.5, 0.6) is 5.75 Å². The number of rotatable bonds is 7. The lowest BCUT2D eigenvalue weighted by atomic mass is 10.1. The average molecular weight is 553 g/mol. The maximum atomic E-state index is 13.6. The fourth-order valence-corrected chi connectivity index (χ4v) is 6.97. The minimum atomic E-state index is -3.93. The van der Waals surface area contributed by atoms with Crippen molar-refractivity contribution in [3.8, 4) is 5.75 Å². The molecule has 0 saturated heterocycles. The summed E-state index contributed by atoms with van der Waals surface area (Å²) in [7, 11) is -3.93. The van der Waals surface area contributed by atoms with E-state index < -0.39 is 22.0 Å². The number of aromatic nitrogens is 2. The van der Waals surface area contributed by atoms with Crippen molar-refractivity contribution in [3.05, 3.63) is 89.5 Å². The lowest BCUT2D eigenvalue weighted by molar-refractivity contribution is -0.122. The molecule has 1 aliphatic heterocycles. The van der Waals surface area contributed by atoms with Gasteiger partial charge in [0, 0.05) is 5.75 Å². The highest BCUT2D eigenvalue weighted by Gasteiger charge is 2.38. The Bertz CT molecular complexity index is 1520. The number of sulfonamides is 1. The Morgan fingerprint density at radius 3 is 2.54 bits per heavy atom. The molecule has 37 heavy (non-hydrogen) atoms. The molecule has 11 heteroatoms. The van der Waals surface area contributed by atoms with Crippen LogP contribution in [0.4, 0.5) is 10.8 Å². The van der Waals surface area contributed by atoms with Crippen molar-refractivity contribution in [2.24, 2.45) is 0 Å².